The van der Waals surface area contributed by atoms with Gasteiger partial charge in [-0.05, 0) is 49.4 Å². The Labute approximate surface area is 178 Å². The second-order valence-corrected chi connectivity index (χ2v) is 9.46. The minimum absolute atomic E-state index is 0.0728. The van der Waals surface area contributed by atoms with Crippen molar-refractivity contribution in [3.63, 3.8) is 0 Å². The van der Waals surface area contributed by atoms with Crippen molar-refractivity contribution in [1.82, 2.24) is 9.21 Å². The topological polar surface area (TPSA) is 66.9 Å². The van der Waals surface area contributed by atoms with Crippen LogP contribution in [0.5, 0.6) is 5.75 Å². The van der Waals surface area contributed by atoms with Gasteiger partial charge in [0.25, 0.3) is 5.91 Å². The molecule has 9 heteroatoms. The first-order chi connectivity index (χ1) is 13.3. The molecule has 0 aromatic heterocycles. The minimum atomic E-state index is -3.71. The van der Waals surface area contributed by atoms with Gasteiger partial charge < -0.3 is 9.64 Å². The standard InChI is InChI=1S/C19H20BrClN2O4S/c1-2-27-16-6-3-14(4-7-16)19(24)22-9-11-23(12-10-22)28(25,26)18-8-5-15(20)13-17(18)21/h3-8,13H,2,9-12H2,1H3. The van der Waals surface area contributed by atoms with Crippen LogP contribution in [0.3, 0.4) is 0 Å². The lowest BCUT2D eigenvalue weighted by molar-refractivity contribution is 0.0698. The number of carbonyl (C=O) groups is 1. The molecule has 1 amide bonds. The number of benzene rings is 2. The Balaban J connectivity index is 1.67. The zero-order chi connectivity index (χ0) is 20.3. The molecule has 1 saturated heterocycles. The molecule has 1 aliphatic heterocycles. The van der Waals surface area contributed by atoms with E-state index in [-0.39, 0.29) is 28.9 Å². The number of nitrogens with zero attached hydrogens (tertiary/aromatic N) is 2. The fraction of sp³-hybridized carbons (Fsp3) is 0.316. The fourth-order valence-electron chi connectivity index (χ4n) is 3.00. The number of rotatable bonds is 5. The molecule has 6 nitrogen and oxygen atoms in total. The van der Waals surface area contributed by atoms with Crippen LogP contribution in [-0.4, -0.2) is 56.3 Å². The van der Waals surface area contributed by atoms with Crippen molar-refractivity contribution in [1.29, 1.82) is 0 Å². The highest BCUT2D eigenvalue weighted by molar-refractivity contribution is 9.10. The Bertz CT molecular complexity index is 958. The normalized spacial score (nSPS) is 15.5. The van der Waals surface area contributed by atoms with Gasteiger partial charge in [-0.2, -0.15) is 4.31 Å². The van der Waals surface area contributed by atoms with Crippen LogP contribution in [0.4, 0.5) is 0 Å². The molecule has 1 aliphatic rings. The van der Waals surface area contributed by atoms with E-state index in [1.165, 1.54) is 10.4 Å². The molecule has 0 bridgehead atoms. The summed E-state index contributed by atoms with van der Waals surface area (Å²) in [5.74, 6) is 0.586. The Kier molecular flexibility index (Phi) is 6.65. The third-order valence-corrected chi connectivity index (χ3v) is 7.32. The summed E-state index contributed by atoms with van der Waals surface area (Å²) >= 11 is 9.39. The predicted molar refractivity (Wildman–Crippen MR) is 111 cm³/mol. The first-order valence-electron chi connectivity index (χ1n) is 8.80. The quantitative estimate of drug-likeness (QED) is 0.646. The first kappa shape index (κ1) is 21.1. The van der Waals surface area contributed by atoms with Crippen molar-refractivity contribution in [3.05, 3.63) is 57.5 Å². The molecule has 0 saturated carbocycles. The minimum Gasteiger partial charge on any atom is -0.494 e. The monoisotopic (exact) mass is 486 g/mol. The summed E-state index contributed by atoms with van der Waals surface area (Å²) in [5, 5.41) is 0.169. The molecule has 2 aromatic carbocycles. The van der Waals surface area contributed by atoms with E-state index in [1.54, 1.807) is 41.3 Å². The number of hydrogen-bond donors (Lipinski definition) is 0. The Morgan fingerprint density at radius 1 is 1.11 bits per heavy atom. The van der Waals surface area contributed by atoms with Gasteiger partial charge >= 0.3 is 0 Å². The first-order valence-corrected chi connectivity index (χ1v) is 11.4. The highest BCUT2D eigenvalue weighted by Crippen LogP contribution is 2.28. The van der Waals surface area contributed by atoms with Gasteiger partial charge in [-0.15, -0.1) is 0 Å². The second-order valence-electron chi connectivity index (χ2n) is 6.23. The van der Waals surface area contributed by atoms with E-state index in [1.807, 2.05) is 6.92 Å². The van der Waals surface area contributed by atoms with Gasteiger partial charge in [0.2, 0.25) is 10.0 Å². The molecule has 0 N–H and O–H groups in total. The highest BCUT2D eigenvalue weighted by Gasteiger charge is 2.31. The van der Waals surface area contributed by atoms with Crippen LogP contribution >= 0.6 is 27.5 Å². The second kappa shape index (κ2) is 8.82. The molecule has 0 aliphatic carbocycles. The third-order valence-electron chi connectivity index (χ3n) is 4.45. The number of carbonyl (C=O) groups excluding carboxylic acids is 1. The van der Waals surface area contributed by atoms with E-state index in [0.29, 0.717) is 35.5 Å². The molecule has 0 atom stereocenters. The largest absolute Gasteiger partial charge is 0.494 e. The number of piperazine rings is 1. The van der Waals surface area contributed by atoms with E-state index in [0.717, 1.165) is 0 Å². The van der Waals surface area contributed by atoms with E-state index >= 15 is 0 Å². The smallest absolute Gasteiger partial charge is 0.253 e. The van der Waals surface area contributed by atoms with Crippen LogP contribution in [0, 0.1) is 0 Å². The van der Waals surface area contributed by atoms with Crippen LogP contribution in [-0.2, 0) is 10.0 Å². The summed E-state index contributed by atoms with van der Waals surface area (Å²) in [6, 6.07) is 11.6. The summed E-state index contributed by atoms with van der Waals surface area (Å²) in [6.45, 7) is 3.54. The van der Waals surface area contributed by atoms with E-state index in [2.05, 4.69) is 15.9 Å². The average Bonchev–Trinajstić information content (AvgIpc) is 2.68. The van der Waals surface area contributed by atoms with Crippen molar-refractivity contribution in [3.8, 4) is 5.75 Å². The lowest BCUT2D eigenvalue weighted by Gasteiger charge is -2.34. The molecule has 0 radical (unpaired) electrons. The van der Waals surface area contributed by atoms with E-state index in [9.17, 15) is 13.2 Å². The zero-order valence-electron chi connectivity index (χ0n) is 15.3. The van der Waals surface area contributed by atoms with Crippen LogP contribution in [0.15, 0.2) is 51.8 Å². The fourth-order valence-corrected chi connectivity index (χ4v) is 5.43. The number of hydrogen-bond acceptors (Lipinski definition) is 4. The van der Waals surface area contributed by atoms with Crippen molar-refractivity contribution in [2.24, 2.45) is 0 Å². The maximum absolute atomic E-state index is 12.9. The average molecular weight is 488 g/mol. The van der Waals surface area contributed by atoms with Crippen LogP contribution in [0.25, 0.3) is 0 Å². The molecule has 0 spiro atoms. The van der Waals surface area contributed by atoms with Crippen LogP contribution in [0.1, 0.15) is 17.3 Å². The molecular formula is C19H20BrClN2O4S. The number of halogens is 2. The van der Waals surface area contributed by atoms with E-state index < -0.39 is 10.0 Å². The van der Waals surface area contributed by atoms with Gasteiger partial charge in [0.1, 0.15) is 10.6 Å². The van der Waals surface area contributed by atoms with Crippen LogP contribution in [0.2, 0.25) is 5.02 Å². The van der Waals surface area contributed by atoms with Crippen molar-refractivity contribution in [2.75, 3.05) is 32.8 Å². The number of sulfonamides is 1. The summed E-state index contributed by atoms with van der Waals surface area (Å²) in [5.41, 5.74) is 0.552. The molecule has 28 heavy (non-hydrogen) atoms. The van der Waals surface area contributed by atoms with E-state index in [4.69, 9.17) is 16.3 Å². The summed E-state index contributed by atoms with van der Waals surface area (Å²) < 4.78 is 33.2. The highest BCUT2D eigenvalue weighted by atomic mass is 79.9. The molecule has 0 unspecified atom stereocenters. The maximum Gasteiger partial charge on any atom is 0.253 e. The Morgan fingerprint density at radius 3 is 2.32 bits per heavy atom. The number of amides is 1. The predicted octanol–water partition coefficient (Wildman–Crippen LogP) is 3.65. The summed E-state index contributed by atoms with van der Waals surface area (Å²) in [6.07, 6.45) is 0. The SMILES string of the molecule is CCOc1ccc(C(=O)N2CCN(S(=O)(=O)c3ccc(Br)cc3Cl)CC2)cc1. The van der Waals surface area contributed by atoms with Gasteiger partial charge in [0.05, 0.1) is 11.6 Å². The van der Waals surface area contributed by atoms with Crippen molar-refractivity contribution in [2.45, 2.75) is 11.8 Å². The molecule has 150 valence electrons. The Hall–Kier alpha value is -1.61. The van der Waals surface area contributed by atoms with Crippen LogP contribution < -0.4 is 4.74 Å². The Morgan fingerprint density at radius 2 is 1.75 bits per heavy atom. The molecular weight excluding hydrogens is 468 g/mol. The molecule has 1 heterocycles. The summed E-state index contributed by atoms with van der Waals surface area (Å²) in [4.78, 5) is 14.4. The number of ether oxygens (including phenoxy) is 1. The van der Waals surface area contributed by atoms with Crippen molar-refractivity contribution < 1.29 is 17.9 Å². The zero-order valence-corrected chi connectivity index (χ0v) is 18.4. The summed E-state index contributed by atoms with van der Waals surface area (Å²) in [7, 11) is -3.71. The molecule has 1 fully saturated rings. The maximum atomic E-state index is 12.9. The molecule has 3 rings (SSSR count). The molecule has 2 aromatic rings. The van der Waals surface area contributed by atoms with Gasteiger partial charge in [-0.3, -0.25) is 4.79 Å². The van der Waals surface area contributed by atoms with Gasteiger partial charge in [0, 0.05) is 36.2 Å². The van der Waals surface area contributed by atoms with Gasteiger partial charge in [-0.25, -0.2) is 8.42 Å². The van der Waals surface area contributed by atoms with Gasteiger partial charge in [0.15, 0.2) is 0 Å². The lowest BCUT2D eigenvalue weighted by Crippen LogP contribution is -2.50. The lowest BCUT2D eigenvalue weighted by atomic mass is 10.2. The van der Waals surface area contributed by atoms with Crippen molar-refractivity contribution >= 4 is 43.5 Å². The third kappa shape index (κ3) is 4.51. The van der Waals surface area contributed by atoms with Gasteiger partial charge in [-0.1, -0.05) is 27.5 Å².